The van der Waals surface area contributed by atoms with Gasteiger partial charge >= 0.3 is 0 Å². The molecule has 1 amide bonds. The van der Waals surface area contributed by atoms with E-state index in [1.54, 1.807) is 0 Å². The summed E-state index contributed by atoms with van der Waals surface area (Å²) in [6, 6.07) is 10.2. The predicted molar refractivity (Wildman–Crippen MR) is 93.8 cm³/mol. The van der Waals surface area contributed by atoms with E-state index in [0.717, 1.165) is 41.6 Å². The molecule has 1 aliphatic rings. The van der Waals surface area contributed by atoms with Crippen LogP contribution in [0.25, 0.3) is 11.0 Å². The van der Waals surface area contributed by atoms with Gasteiger partial charge in [0.2, 0.25) is 5.91 Å². The molecule has 3 aromatic rings. The van der Waals surface area contributed by atoms with E-state index in [-0.39, 0.29) is 11.3 Å². The number of hydrogen-bond donors (Lipinski definition) is 2. The average molecular weight is 320 g/mol. The van der Waals surface area contributed by atoms with Crippen molar-refractivity contribution in [1.82, 2.24) is 15.0 Å². The van der Waals surface area contributed by atoms with E-state index in [9.17, 15) is 4.79 Å². The molecule has 0 aliphatic heterocycles. The minimum atomic E-state index is -0.294. The van der Waals surface area contributed by atoms with Crippen LogP contribution in [-0.2, 0) is 11.2 Å². The van der Waals surface area contributed by atoms with E-state index in [2.05, 4.69) is 32.4 Å². The summed E-state index contributed by atoms with van der Waals surface area (Å²) < 4.78 is 0. The van der Waals surface area contributed by atoms with Gasteiger partial charge in [-0.15, -0.1) is 0 Å². The number of fused-ring (bicyclic) bond motifs is 1. The molecule has 0 bridgehead atoms. The Hall–Kier alpha value is -2.69. The number of carbonyl (C=O) groups is 1. The quantitative estimate of drug-likeness (QED) is 0.772. The van der Waals surface area contributed by atoms with Crippen molar-refractivity contribution in [2.24, 2.45) is 5.41 Å². The first-order valence-corrected chi connectivity index (χ1v) is 8.24. The number of hydrogen-bond acceptors (Lipinski definition) is 3. The third kappa shape index (κ3) is 2.46. The maximum Gasteiger partial charge on any atom is 0.232 e. The number of aromatic nitrogens is 3. The zero-order chi connectivity index (χ0) is 16.7. The summed E-state index contributed by atoms with van der Waals surface area (Å²) in [4.78, 5) is 24.7. The number of nitrogens with zero attached hydrogens (tertiary/aromatic N) is 2. The summed E-state index contributed by atoms with van der Waals surface area (Å²) in [6.07, 6.45) is 4.11. The largest absolute Gasteiger partial charge is 0.343 e. The highest BCUT2D eigenvalue weighted by Gasteiger charge is 2.49. The lowest BCUT2D eigenvalue weighted by atomic mass is 9.95. The fraction of sp³-hybridized carbons (Fsp3) is 0.316. The Morgan fingerprint density at radius 1 is 1.21 bits per heavy atom. The van der Waals surface area contributed by atoms with Gasteiger partial charge in [0, 0.05) is 5.69 Å². The highest BCUT2D eigenvalue weighted by molar-refractivity contribution is 6.03. The molecule has 1 saturated carbocycles. The van der Waals surface area contributed by atoms with Gasteiger partial charge in [0.15, 0.2) is 0 Å². The van der Waals surface area contributed by atoms with Crippen LogP contribution < -0.4 is 5.32 Å². The molecule has 2 N–H and O–H groups in total. The summed E-state index contributed by atoms with van der Waals surface area (Å²) in [5.41, 5.74) is 3.80. The Morgan fingerprint density at radius 3 is 2.67 bits per heavy atom. The average Bonchev–Trinajstić information content (AvgIpc) is 3.30. The molecule has 0 unspecified atom stereocenters. The van der Waals surface area contributed by atoms with Crippen LogP contribution in [0.3, 0.4) is 0 Å². The van der Waals surface area contributed by atoms with Crippen LogP contribution in [-0.4, -0.2) is 20.9 Å². The van der Waals surface area contributed by atoms with Gasteiger partial charge in [-0.05, 0) is 44.2 Å². The minimum Gasteiger partial charge on any atom is -0.343 e. The molecular formula is C19H20N4O. The second-order valence-corrected chi connectivity index (χ2v) is 6.72. The Labute approximate surface area is 140 Å². The van der Waals surface area contributed by atoms with Crippen LogP contribution in [0.4, 0.5) is 5.82 Å². The lowest BCUT2D eigenvalue weighted by molar-refractivity contribution is -0.121. The van der Waals surface area contributed by atoms with E-state index in [1.165, 1.54) is 11.9 Å². The van der Waals surface area contributed by atoms with Gasteiger partial charge in [-0.1, -0.05) is 30.3 Å². The van der Waals surface area contributed by atoms with Gasteiger partial charge in [-0.2, -0.15) is 0 Å². The first-order valence-electron chi connectivity index (χ1n) is 8.24. The van der Waals surface area contributed by atoms with Crippen molar-refractivity contribution >= 4 is 22.8 Å². The molecule has 2 heterocycles. The fourth-order valence-corrected chi connectivity index (χ4v) is 3.25. The summed E-state index contributed by atoms with van der Waals surface area (Å²) in [6.45, 7) is 4.02. The van der Waals surface area contributed by atoms with Crippen molar-refractivity contribution in [1.29, 1.82) is 0 Å². The normalized spacial score (nSPS) is 15.4. The number of anilines is 1. The van der Waals surface area contributed by atoms with Crippen LogP contribution in [0, 0.1) is 19.3 Å². The van der Waals surface area contributed by atoms with Gasteiger partial charge in [-0.25, -0.2) is 9.97 Å². The van der Waals surface area contributed by atoms with Crippen molar-refractivity contribution in [2.75, 3.05) is 5.32 Å². The lowest BCUT2D eigenvalue weighted by Gasteiger charge is -2.15. The molecule has 1 aromatic carbocycles. The third-order valence-corrected chi connectivity index (χ3v) is 5.04. The Balaban J connectivity index is 1.61. The first-order chi connectivity index (χ1) is 11.6. The molecule has 4 rings (SSSR count). The number of nitrogens with one attached hydrogen (secondary N) is 2. The Morgan fingerprint density at radius 2 is 1.96 bits per heavy atom. The molecule has 1 aliphatic carbocycles. The van der Waals surface area contributed by atoms with Crippen LogP contribution in [0.15, 0.2) is 36.7 Å². The van der Waals surface area contributed by atoms with E-state index in [4.69, 9.17) is 0 Å². The van der Waals surface area contributed by atoms with Crippen molar-refractivity contribution in [3.8, 4) is 0 Å². The summed E-state index contributed by atoms with van der Waals surface area (Å²) >= 11 is 0. The molecule has 0 saturated heterocycles. The number of rotatable bonds is 4. The van der Waals surface area contributed by atoms with Crippen molar-refractivity contribution in [3.63, 3.8) is 0 Å². The Kier molecular flexibility index (Phi) is 3.37. The van der Waals surface area contributed by atoms with Gasteiger partial charge in [-0.3, -0.25) is 4.79 Å². The molecule has 24 heavy (non-hydrogen) atoms. The van der Waals surface area contributed by atoms with Crippen molar-refractivity contribution in [3.05, 3.63) is 53.5 Å². The Bertz CT molecular complexity index is 910. The molecule has 0 radical (unpaired) electrons. The molecule has 0 spiro atoms. The fourth-order valence-electron chi connectivity index (χ4n) is 3.25. The summed E-state index contributed by atoms with van der Waals surface area (Å²) in [5, 5.41) is 3.95. The van der Waals surface area contributed by atoms with Gasteiger partial charge in [0.05, 0.1) is 10.8 Å². The minimum absolute atomic E-state index is 0.0598. The van der Waals surface area contributed by atoms with Gasteiger partial charge in [0.1, 0.15) is 17.8 Å². The molecule has 122 valence electrons. The monoisotopic (exact) mass is 320 g/mol. The standard InChI is InChI=1S/C19H20N4O/c1-12-13(2)22-16-15(12)17(21-11-20-16)23-18(24)19(8-9-19)10-14-6-4-3-5-7-14/h3-7,11H,8-10H2,1-2H3,(H2,20,21,22,23,24). The van der Waals surface area contributed by atoms with Crippen LogP contribution >= 0.6 is 0 Å². The van der Waals surface area contributed by atoms with E-state index >= 15 is 0 Å². The number of benzene rings is 1. The van der Waals surface area contributed by atoms with Gasteiger partial charge < -0.3 is 10.3 Å². The second-order valence-electron chi connectivity index (χ2n) is 6.72. The van der Waals surface area contributed by atoms with Crippen LogP contribution in [0.5, 0.6) is 0 Å². The molecular weight excluding hydrogens is 300 g/mol. The van der Waals surface area contributed by atoms with E-state index in [0.29, 0.717) is 5.82 Å². The number of carbonyl (C=O) groups excluding carboxylic acids is 1. The topological polar surface area (TPSA) is 70.7 Å². The van der Waals surface area contributed by atoms with E-state index < -0.39 is 0 Å². The van der Waals surface area contributed by atoms with Crippen molar-refractivity contribution < 1.29 is 4.79 Å². The van der Waals surface area contributed by atoms with Crippen LogP contribution in [0.2, 0.25) is 0 Å². The van der Waals surface area contributed by atoms with E-state index in [1.807, 2.05) is 32.0 Å². The zero-order valence-electron chi connectivity index (χ0n) is 13.9. The lowest BCUT2D eigenvalue weighted by Crippen LogP contribution is -2.26. The highest BCUT2D eigenvalue weighted by Crippen LogP contribution is 2.49. The number of aryl methyl sites for hydroxylation is 2. The zero-order valence-corrected chi connectivity index (χ0v) is 13.9. The predicted octanol–water partition coefficient (Wildman–Crippen LogP) is 3.54. The molecule has 1 fully saturated rings. The first kappa shape index (κ1) is 14.9. The maximum absolute atomic E-state index is 12.9. The number of amides is 1. The maximum atomic E-state index is 12.9. The second kappa shape index (κ2) is 5.44. The smallest absolute Gasteiger partial charge is 0.232 e. The highest BCUT2D eigenvalue weighted by atomic mass is 16.2. The van der Waals surface area contributed by atoms with Crippen molar-refractivity contribution in [2.45, 2.75) is 33.1 Å². The SMILES string of the molecule is Cc1[nH]c2ncnc(NC(=O)C3(Cc4ccccc4)CC3)c2c1C. The third-order valence-electron chi connectivity index (χ3n) is 5.04. The molecule has 5 nitrogen and oxygen atoms in total. The van der Waals surface area contributed by atoms with Crippen LogP contribution in [0.1, 0.15) is 29.7 Å². The van der Waals surface area contributed by atoms with Gasteiger partial charge in [0.25, 0.3) is 0 Å². The molecule has 2 aromatic heterocycles. The number of H-pyrrole nitrogens is 1. The number of aromatic amines is 1. The summed E-state index contributed by atoms with van der Waals surface area (Å²) in [7, 11) is 0. The summed E-state index contributed by atoms with van der Waals surface area (Å²) in [5.74, 6) is 0.663. The molecule has 5 heteroatoms. The molecule has 0 atom stereocenters.